The zero-order chi connectivity index (χ0) is 8.10. The first kappa shape index (κ1) is 9.01. The molecule has 11 heavy (non-hydrogen) atoms. The molecule has 1 fully saturated rings. The van der Waals surface area contributed by atoms with Crippen molar-refractivity contribution in [1.82, 2.24) is 4.90 Å². The summed E-state index contributed by atoms with van der Waals surface area (Å²) < 4.78 is 5.55. The Kier molecular flexibility index (Phi) is 3.87. The van der Waals surface area contributed by atoms with Gasteiger partial charge in [-0.15, -0.1) is 0 Å². The molecule has 1 rings (SSSR count). The van der Waals surface area contributed by atoms with Gasteiger partial charge in [-0.2, -0.15) is 0 Å². The van der Waals surface area contributed by atoms with Gasteiger partial charge in [0.1, 0.15) is 0 Å². The summed E-state index contributed by atoms with van der Waals surface area (Å²) in [5.41, 5.74) is 0. The molecule has 0 aromatic carbocycles. The number of hydrogen-bond acceptors (Lipinski definition) is 2. The molecule has 0 aromatic rings. The minimum atomic E-state index is 0.468. The van der Waals surface area contributed by atoms with Gasteiger partial charge in [0.25, 0.3) is 0 Å². The van der Waals surface area contributed by atoms with Gasteiger partial charge in [0.2, 0.25) is 0 Å². The SMILES string of the molecule is [CH2]CN1CCCC(OCC)C1. The molecule has 1 aliphatic rings. The lowest BCUT2D eigenvalue weighted by atomic mass is 10.1. The molecule has 1 saturated heterocycles. The Labute approximate surface area is 69.5 Å². The lowest BCUT2D eigenvalue weighted by molar-refractivity contribution is 0.00909. The molecule has 0 aromatic heterocycles. The highest BCUT2D eigenvalue weighted by Gasteiger charge is 2.17. The van der Waals surface area contributed by atoms with E-state index in [1.165, 1.54) is 19.4 Å². The zero-order valence-electron chi connectivity index (χ0n) is 7.38. The summed E-state index contributed by atoms with van der Waals surface area (Å²) in [6, 6.07) is 0. The molecule has 1 aliphatic heterocycles. The molecule has 0 N–H and O–H groups in total. The van der Waals surface area contributed by atoms with Crippen molar-refractivity contribution < 1.29 is 4.74 Å². The van der Waals surface area contributed by atoms with Crippen LogP contribution in [0.4, 0.5) is 0 Å². The van der Waals surface area contributed by atoms with E-state index in [0.29, 0.717) is 6.10 Å². The van der Waals surface area contributed by atoms with Crippen LogP contribution in [0.25, 0.3) is 0 Å². The number of rotatable bonds is 3. The van der Waals surface area contributed by atoms with Crippen molar-refractivity contribution in [3.8, 4) is 0 Å². The number of hydrogen-bond donors (Lipinski definition) is 0. The summed E-state index contributed by atoms with van der Waals surface area (Å²) in [6.07, 6.45) is 2.96. The molecule has 2 heteroatoms. The van der Waals surface area contributed by atoms with Crippen molar-refractivity contribution in [3.63, 3.8) is 0 Å². The van der Waals surface area contributed by atoms with Crippen molar-refractivity contribution in [2.24, 2.45) is 0 Å². The molecule has 0 spiro atoms. The van der Waals surface area contributed by atoms with Crippen LogP contribution in [0.15, 0.2) is 0 Å². The summed E-state index contributed by atoms with van der Waals surface area (Å²) >= 11 is 0. The van der Waals surface area contributed by atoms with Gasteiger partial charge in [0.05, 0.1) is 6.10 Å². The minimum absolute atomic E-state index is 0.468. The number of ether oxygens (including phenoxy) is 1. The molecule has 65 valence electrons. The van der Waals surface area contributed by atoms with Crippen LogP contribution < -0.4 is 0 Å². The predicted molar refractivity (Wildman–Crippen MR) is 46.4 cm³/mol. The Bertz CT molecular complexity index is 104. The molecular weight excluding hydrogens is 138 g/mol. The fraction of sp³-hybridized carbons (Fsp3) is 0.889. The van der Waals surface area contributed by atoms with E-state index in [1.54, 1.807) is 0 Å². The van der Waals surface area contributed by atoms with Crippen LogP contribution in [0.2, 0.25) is 0 Å². The smallest absolute Gasteiger partial charge is 0.0702 e. The molecule has 0 aliphatic carbocycles. The molecule has 0 bridgehead atoms. The number of piperidine rings is 1. The molecule has 1 atom stereocenters. The topological polar surface area (TPSA) is 12.5 Å². The first-order valence-electron chi connectivity index (χ1n) is 4.50. The van der Waals surface area contributed by atoms with E-state index >= 15 is 0 Å². The van der Waals surface area contributed by atoms with Gasteiger partial charge in [0.15, 0.2) is 0 Å². The standard InChI is InChI=1S/C9H18NO/c1-3-10-7-5-6-9(8-10)11-4-2/h9H,1,3-8H2,2H3. The van der Waals surface area contributed by atoms with Crippen molar-refractivity contribution in [2.45, 2.75) is 25.9 Å². The van der Waals surface area contributed by atoms with Crippen LogP contribution in [0.1, 0.15) is 19.8 Å². The van der Waals surface area contributed by atoms with E-state index in [2.05, 4.69) is 18.7 Å². The number of likely N-dealkylation sites (tertiary alicyclic amines) is 1. The Morgan fingerprint density at radius 1 is 1.64 bits per heavy atom. The monoisotopic (exact) mass is 156 g/mol. The summed E-state index contributed by atoms with van der Waals surface area (Å²) in [5, 5.41) is 0. The second-order valence-electron chi connectivity index (χ2n) is 3.02. The van der Waals surface area contributed by atoms with E-state index in [-0.39, 0.29) is 0 Å². The van der Waals surface area contributed by atoms with Crippen LogP contribution in [0.3, 0.4) is 0 Å². The normalized spacial score (nSPS) is 27.3. The summed E-state index contributed by atoms with van der Waals surface area (Å²) in [6.45, 7) is 9.98. The summed E-state index contributed by atoms with van der Waals surface area (Å²) in [4.78, 5) is 2.35. The average molecular weight is 156 g/mol. The lowest BCUT2D eigenvalue weighted by Gasteiger charge is -2.31. The molecule has 1 radical (unpaired) electrons. The highest BCUT2D eigenvalue weighted by molar-refractivity contribution is 4.73. The number of nitrogens with zero attached hydrogens (tertiary/aromatic N) is 1. The maximum absolute atomic E-state index is 5.55. The van der Waals surface area contributed by atoms with Gasteiger partial charge < -0.3 is 9.64 Å². The van der Waals surface area contributed by atoms with Gasteiger partial charge in [-0.3, -0.25) is 0 Å². The van der Waals surface area contributed by atoms with E-state index in [1.807, 2.05) is 0 Å². The van der Waals surface area contributed by atoms with Crippen molar-refractivity contribution in [3.05, 3.63) is 6.92 Å². The van der Waals surface area contributed by atoms with Gasteiger partial charge in [0, 0.05) is 13.2 Å². The fourth-order valence-electron chi connectivity index (χ4n) is 1.59. The fourth-order valence-corrected chi connectivity index (χ4v) is 1.59. The first-order chi connectivity index (χ1) is 5.36. The minimum Gasteiger partial charge on any atom is -0.377 e. The molecule has 0 saturated carbocycles. The maximum Gasteiger partial charge on any atom is 0.0702 e. The second-order valence-corrected chi connectivity index (χ2v) is 3.02. The van der Waals surface area contributed by atoms with Gasteiger partial charge in [-0.05, 0) is 39.8 Å². The third kappa shape index (κ3) is 2.80. The second kappa shape index (κ2) is 4.73. The summed E-state index contributed by atoms with van der Waals surface area (Å²) in [5.74, 6) is 0. The van der Waals surface area contributed by atoms with Crippen molar-refractivity contribution in [1.29, 1.82) is 0 Å². The van der Waals surface area contributed by atoms with Gasteiger partial charge in [-0.25, -0.2) is 0 Å². The molecule has 1 unspecified atom stereocenters. The largest absolute Gasteiger partial charge is 0.377 e. The van der Waals surface area contributed by atoms with Crippen molar-refractivity contribution >= 4 is 0 Å². The average Bonchev–Trinajstić information content (AvgIpc) is 2.06. The third-order valence-corrected chi connectivity index (χ3v) is 2.18. The Hall–Kier alpha value is -0.0800. The summed E-state index contributed by atoms with van der Waals surface area (Å²) in [7, 11) is 0. The highest BCUT2D eigenvalue weighted by atomic mass is 16.5. The molecule has 0 amide bonds. The van der Waals surface area contributed by atoms with E-state index in [0.717, 1.165) is 19.7 Å². The molecule has 2 nitrogen and oxygen atoms in total. The Morgan fingerprint density at radius 2 is 2.45 bits per heavy atom. The van der Waals surface area contributed by atoms with Gasteiger partial charge >= 0.3 is 0 Å². The van der Waals surface area contributed by atoms with Crippen LogP contribution in [-0.4, -0.2) is 37.2 Å². The highest BCUT2D eigenvalue weighted by Crippen LogP contribution is 2.12. The van der Waals surface area contributed by atoms with Crippen LogP contribution in [0, 0.1) is 6.92 Å². The van der Waals surface area contributed by atoms with Crippen molar-refractivity contribution in [2.75, 3.05) is 26.2 Å². The Morgan fingerprint density at radius 3 is 3.09 bits per heavy atom. The maximum atomic E-state index is 5.55. The van der Waals surface area contributed by atoms with E-state index in [9.17, 15) is 0 Å². The van der Waals surface area contributed by atoms with E-state index < -0.39 is 0 Å². The van der Waals surface area contributed by atoms with Crippen LogP contribution in [-0.2, 0) is 4.74 Å². The van der Waals surface area contributed by atoms with Crippen LogP contribution in [0.5, 0.6) is 0 Å². The quantitative estimate of drug-likeness (QED) is 0.611. The third-order valence-electron chi connectivity index (χ3n) is 2.18. The predicted octanol–water partition coefficient (Wildman–Crippen LogP) is 1.32. The molecular formula is C9H18NO. The van der Waals surface area contributed by atoms with E-state index in [4.69, 9.17) is 4.74 Å². The lowest BCUT2D eigenvalue weighted by Crippen LogP contribution is -2.39. The molecule has 1 heterocycles. The Balaban J connectivity index is 2.21. The zero-order valence-corrected chi connectivity index (χ0v) is 7.38. The first-order valence-corrected chi connectivity index (χ1v) is 4.50. The van der Waals surface area contributed by atoms with Crippen LogP contribution >= 0.6 is 0 Å². The van der Waals surface area contributed by atoms with Gasteiger partial charge in [-0.1, -0.05) is 0 Å².